The molecule has 3 rings (SSSR count). The van der Waals surface area contributed by atoms with Gasteiger partial charge in [-0.3, -0.25) is 0 Å². The van der Waals surface area contributed by atoms with Gasteiger partial charge in [0.1, 0.15) is 0 Å². The lowest BCUT2D eigenvalue weighted by Crippen LogP contribution is -2.20. The summed E-state index contributed by atoms with van der Waals surface area (Å²) in [7, 11) is 0. The number of hydrogen-bond donors (Lipinski definition) is 1. The molecule has 2 heterocycles. The fourth-order valence-corrected chi connectivity index (χ4v) is 2.22. The first-order valence-electron chi connectivity index (χ1n) is 5.60. The zero-order valence-electron chi connectivity index (χ0n) is 9.19. The molecule has 1 N–H and O–H groups in total. The third-order valence-electron chi connectivity index (χ3n) is 2.91. The van der Waals surface area contributed by atoms with E-state index in [9.17, 15) is 0 Å². The van der Waals surface area contributed by atoms with Gasteiger partial charge < -0.3 is 10.1 Å². The third-order valence-corrected chi connectivity index (χ3v) is 3.19. The van der Waals surface area contributed by atoms with Gasteiger partial charge in [0.25, 0.3) is 0 Å². The van der Waals surface area contributed by atoms with Crippen LogP contribution in [0.15, 0.2) is 24.3 Å². The van der Waals surface area contributed by atoms with Crippen LogP contribution in [0.5, 0.6) is 0 Å². The molecule has 0 bridgehead atoms. The van der Waals surface area contributed by atoms with Crippen molar-refractivity contribution in [3.8, 4) is 0 Å². The van der Waals surface area contributed by atoms with E-state index in [1.807, 2.05) is 24.3 Å². The number of benzene rings is 1. The second kappa shape index (κ2) is 4.47. The van der Waals surface area contributed by atoms with Crippen LogP contribution in [0.2, 0.25) is 5.15 Å². The van der Waals surface area contributed by atoms with Gasteiger partial charge in [-0.05, 0) is 6.42 Å². The maximum absolute atomic E-state index is 6.02. The van der Waals surface area contributed by atoms with Crippen LogP contribution in [0.25, 0.3) is 10.8 Å². The van der Waals surface area contributed by atoms with E-state index in [-0.39, 0.29) is 0 Å². The number of nitrogens with one attached hydrogen (secondary N) is 1. The van der Waals surface area contributed by atoms with Crippen molar-refractivity contribution in [2.24, 2.45) is 0 Å². The van der Waals surface area contributed by atoms with E-state index in [2.05, 4.69) is 15.5 Å². The SMILES string of the molecule is Clc1nnc(NC2CCOC2)c2ccccc12. The van der Waals surface area contributed by atoms with Crippen molar-refractivity contribution in [1.29, 1.82) is 0 Å². The van der Waals surface area contributed by atoms with Crippen molar-refractivity contribution < 1.29 is 4.74 Å². The number of aromatic nitrogens is 2. The fraction of sp³-hybridized carbons (Fsp3) is 0.333. The fourth-order valence-electron chi connectivity index (χ4n) is 2.02. The van der Waals surface area contributed by atoms with Crippen molar-refractivity contribution >= 4 is 28.2 Å². The van der Waals surface area contributed by atoms with E-state index in [4.69, 9.17) is 16.3 Å². The monoisotopic (exact) mass is 249 g/mol. The van der Waals surface area contributed by atoms with Gasteiger partial charge in [-0.25, -0.2) is 0 Å². The molecule has 1 atom stereocenters. The van der Waals surface area contributed by atoms with E-state index < -0.39 is 0 Å². The molecule has 0 saturated carbocycles. The topological polar surface area (TPSA) is 47.0 Å². The smallest absolute Gasteiger partial charge is 0.159 e. The third kappa shape index (κ3) is 2.06. The first-order valence-corrected chi connectivity index (χ1v) is 5.97. The number of halogens is 1. The second-order valence-corrected chi connectivity index (χ2v) is 4.45. The molecule has 1 fully saturated rings. The predicted molar refractivity (Wildman–Crippen MR) is 67.4 cm³/mol. The highest BCUT2D eigenvalue weighted by molar-refractivity contribution is 6.34. The molecule has 0 aliphatic carbocycles. The number of fused-ring (bicyclic) bond motifs is 1. The molecule has 0 radical (unpaired) electrons. The minimum Gasteiger partial charge on any atom is -0.379 e. The molecule has 1 unspecified atom stereocenters. The molecule has 1 aliphatic rings. The molecular weight excluding hydrogens is 238 g/mol. The van der Waals surface area contributed by atoms with Crippen LogP contribution in [0.3, 0.4) is 0 Å². The van der Waals surface area contributed by atoms with Gasteiger partial charge in [0.15, 0.2) is 11.0 Å². The highest BCUT2D eigenvalue weighted by Gasteiger charge is 2.17. The molecule has 1 aromatic carbocycles. The van der Waals surface area contributed by atoms with E-state index in [0.717, 1.165) is 36.2 Å². The molecule has 5 heteroatoms. The number of nitrogens with zero attached hydrogens (tertiary/aromatic N) is 2. The van der Waals surface area contributed by atoms with Crippen LogP contribution in [0.4, 0.5) is 5.82 Å². The lowest BCUT2D eigenvalue weighted by molar-refractivity contribution is 0.195. The standard InChI is InChI=1S/C12H12ClN3O/c13-11-9-3-1-2-4-10(9)12(16-15-11)14-8-5-6-17-7-8/h1-4,8H,5-7H2,(H,14,16). The number of anilines is 1. The Kier molecular flexibility index (Phi) is 2.82. The summed E-state index contributed by atoms with van der Waals surface area (Å²) < 4.78 is 5.33. The lowest BCUT2D eigenvalue weighted by atomic mass is 10.2. The van der Waals surface area contributed by atoms with Crippen LogP contribution in [0.1, 0.15) is 6.42 Å². The Balaban J connectivity index is 2.01. The maximum Gasteiger partial charge on any atom is 0.159 e. The summed E-state index contributed by atoms with van der Waals surface area (Å²) in [5.74, 6) is 0.778. The number of rotatable bonds is 2. The van der Waals surface area contributed by atoms with Gasteiger partial charge in [-0.2, -0.15) is 0 Å². The normalized spacial score (nSPS) is 19.7. The average molecular weight is 250 g/mol. The summed E-state index contributed by atoms with van der Waals surface area (Å²) >= 11 is 6.02. The Hall–Kier alpha value is -1.39. The zero-order valence-corrected chi connectivity index (χ0v) is 9.94. The van der Waals surface area contributed by atoms with E-state index in [0.29, 0.717) is 11.2 Å². The highest BCUT2D eigenvalue weighted by atomic mass is 35.5. The largest absolute Gasteiger partial charge is 0.379 e. The molecule has 0 amide bonds. The van der Waals surface area contributed by atoms with Gasteiger partial charge in [0.05, 0.1) is 12.6 Å². The van der Waals surface area contributed by atoms with Crippen molar-refractivity contribution in [2.75, 3.05) is 18.5 Å². The van der Waals surface area contributed by atoms with Crippen molar-refractivity contribution in [3.05, 3.63) is 29.4 Å². The Morgan fingerprint density at radius 1 is 1.24 bits per heavy atom. The Bertz CT molecular complexity index is 540. The van der Waals surface area contributed by atoms with E-state index >= 15 is 0 Å². The summed E-state index contributed by atoms with van der Waals surface area (Å²) in [5.41, 5.74) is 0. The molecule has 4 nitrogen and oxygen atoms in total. The van der Waals surface area contributed by atoms with Crippen LogP contribution in [0, 0.1) is 0 Å². The number of ether oxygens (including phenoxy) is 1. The van der Waals surface area contributed by atoms with Crippen molar-refractivity contribution in [3.63, 3.8) is 0 Å². The molecule has 1 aromatic heterocycles. The highest BCUT2D eigenvalue weighted by Crippen LogP contribution is 2.26. The quantitative estimate of drug-likeness (QED) is 0.888. The van der Waals surface area contributed by atoms with Crippen LogP contribution in [-0.4, -0.2) is 29.5 Å². The maximum atomic E-state index is 6.02. The minimum absolute atomic E-state index is 0.314. The first-order chi connectivity index (χ1) is 8.34. The van der Waals surface area contributed by atoms with Gasteiger partial charge >= 0.3 is 0 Å². The Morgan fingerprint density at radius 3 is 2.82 bits per heavy atom. The van der Waals surface area contributed by atoms with Crippen molar-refractivity contribution in [1.82, 2.24) is 10.2 Å². The summed E-state index contributed by atoms with van der Waals surface area (Å²) in [6, 6.07) is 8.17. The molecule has 1 aliphatic heterocycles. The molecule has 2 aromatic rings. The molecule has 1 saturated heterocycles. The molecule has 88 valence electrons. The Labute approximate surface area is 104 Å². The van der Waals surface area contributed by atoms with Gasteiger partial charge in [0, 0.05) is 17.4 Å². The summed E-state index contributed by atoms with van der Waals surface area (Å²) in [5, 5.41) is 13.8. The lowest BCUT2D eigenvalue weighted by Gasteiger charge is -2.12. The summed E-state index contributed by atoms with van der Waals surface area (Å²) in [6.45, 7) is 1.52. The Morgan fingerprint density at radius 2 is 2.06 bits per heavy atom. The number of hydrogen-bond acceptors (Lipinski definition) is 4. The average Bonchev–Trinajstić information content (AvgIpc) is 2.86. The minimum atomic E-state index is 0.314. The van der Waals surface area contributed by atoms with Crippen LogP contribution in [-0.2, 0) is 4.74 Å². The van der Waals surface area contributed by atoms with Gasteiger partial charge in [-0.15, -0.1) is 10.2 Å². The molecular formula is C12H12ClN3O. The first kappa shape index (κ1) is 10.7. The van der Waals surface area contributed by atoms with Gasteiger partial charge in [0.2, 0.25) is 0 Å². The summed E-state index contributed by atoms with van der Waals surface area (Å²) in [4.78, 5) is 0. The van der Waals surface area contributed by atoms with E-state index in [1.54, 1.807) is 0 Å². The zero-order chi connectivity index (χ0) is 11.7. The predicted octanol–water partition coefficient (Wildman–Crippen LogP) is 2.48. The molecule has 0 spiro atoms. The summed E-state index contributed by atoms with van der Waals surface area (Å²) in [6.07, 6.45) is 0.999. The van der Waals surface area contributed by atoms with Crippen LogP contribution >= 0.6 is 11.6 Å². The second-order valence-electron chi connectivity index (χ2n) is 4.09. The van der Waals surface area contributed by atoms with Crippen molar-refractivity contribution in [2.45, 2.75) is 12.5 Å². The van der Waals surface area contributed by atoms with Crippen LogP contribution < -0.4 is 5.32 Å². The van der Waals surface area contributed by atoms with E-state index in [1.165, 1.54) is 0 Å². The van der Waals surface area contributed by atoms with Gasteiger partial charge in [-0.1, -0.05) is 35.9 Å². The molecule has 17 heavy (non-hydrogen) atoms.